The second-order valence-corrected chi connectivity index (χ2v) is 7.03. The van der Waals surface area contributed by atoms with Crippen molar-refractivity contribution in [3.63, 3.8) is 0 Å². The molecule has 2 amide bonds. The van der Waals surface area contributed by atoms with Crippen molar-refractivity contribution >= 4 is 29.0 Å². The predicted octanol–water partition coefficient (Wildman–Crippen LogP) is 0.481. The molecular weight excluding hydrogens is 416 g/mol. The third kappa shape index (κ3) is 3.95. The Morgan fingerprint density at radius 3 is 2.84 bits per heavy atom. The van der Waals surface area contributed by atoms with Crippen LogP contribution in [0.4, 0.5) is 17.2 Å². The first-order chi connectivity index (χ1) is 16.6. The maximum absolute atomic E-state index is 12.7. The summed E-state index contributed by atoms with van der Waals surface area (Å²) in [5.41, 5.74) is 0.703. The van der Waals surface area contributed by atoms with E-state index in [1.54, 1.807) is 25.2 Å². The lowest BCUT2D eigenvalue weighted by molar-refractivity contribution is -0.117. The van der Waals surface area contributed by atoms with E-state index in [9.17, 15) is 14.7 Å². The molecule has 32 heavy (non-hydrogen) atoms. The summed E-state index contributed by atoms with van der Waals surface area (Å²) < 4.78 is 29.1. The lowest BCUT2D eigenvalue weighted by atomic mass is 10.1. The fourth-order valence-electron chi connectivity index (χ4n) is 3.38. The number of para-hydroxylation sites is 1. The molecule has 1 fully saturated rings. The molecule has 0 spiro atoms. The molecule has 12 heteroatoms. The number of nitrogens with zero attached hydrogens (tertiary/aromatic N) is 6. The smallest absolute Gasteiger partial charge is 0.273 e. The predicted molar refractivity (Wildman–Crippen MR) is 115 cm³/mol. The number of methoxy groups -OCH3 is 1. The molecule has 3 aromatic rings. The first-order valence-electron chi connectivity index (χ1n) is 11.0. The Kier molecular flexibility index (Phi) is 4.73. The molecule has 1 aliphatic rings. The average Bonchev–Trinajstić information content (AvgIpc) is 3.36. The third-order valence-electron chi connectivity index (χ3n) is 4.82. The normalized spacial score (nSPS) is 17.5. The maximum atomic E-state index is 12.7. The van der Waals surface area contributed by atoms with Crippen molar-refractivity contribution in [2.45, 2.75) is 12.5 Å². The number of benzene rings is 1. The van der Waals surface area contributed by atoms with E-state index >= 15 is 0 Å². The molecule has 0 bridgehead atoms. The zero-order valence-electron chi connectivity index (χ0n) is 20.2. The largest absolute Gasteiger partial charge is 0.494 e. The van der Waals surface area contributed by atoms with Gasteiger partial charge in [-0.05, 0) is 12.1 Å². The van der Waals surface area contributed by atoms with Crippen LogP contribution in [0.25, 0.3) is 11.4 Å². The Morgan fingerprint density at radius 2 is 2.19 bits per heavy atom. The van der Waals surface area contributed by atoms with Gasteiger partial charge in [0.05, 0.1) is 43.1 Å². The molecule has 166 valence electrons. The van der Waals surface area contributed by atoms with Crippen LogP contribution in [-0.4, -0.2) is 68.6 Å². The maximum Gasteiger partial charge on any atom is 0.273 e. The standard InChI is InChI=1S/C20H22N8O4/c1-21-20(31)17-14(8-15(24-25-17)28-9-11(29)7-16(28)30)23-13-6-4-5-12(18(13)32-3)19-22-10-27(2)26-19/h4-6,8,10-11,29H,7,9H2,1-3H3,(H,21,31)(H,23,24)/t11-/m1/s1/i1D3. The van der Waals surface area contributed by atoms with Crippen LogP contribution in [0.2, 0.25) is 0 Å². The van der Waals surface area contributed by atoms with E-state index in [4.69, 9.17) is 8.85 Å². The highest BCUT2D eigenvalue weighted by molar-refractivity contribution is 6.00. The summed E-state index contributed by atoms with van der Waals surface area (Å²) >= 11 is 0. The summed E-state index contributed by atoms with van der Waals surface area (Å²) in [5.74, 6) is -0.523. The summed E-state index contributed by atoms with van der Waals surface area (Å²) in [7, 11) is 3.18. The summed E-state index contributed by atoms with van der Waals surface area (Å²) in [6, 6.07) is 6.51. The van der Waals surface area contributed by atoms with E-state index in [-0.39, 0.29) is 36.1 Å². The van der Waals surface area contributed by atoms with Gasteiger partial charge in [0.15, 0.2) is 23.1 Å². The van der Waals surface area contributed by atoms with E-state index in [1.165, 1.54) is 29.1 Å². The van der Waals surface area contributed by atoms with Crippen LogP contribution in [-0.2, 0) is 11.8 Å². The Balaban J connectivity index is 1.78. The number of rotatable bonds is 6. The van der Waals surface area contributed by atoms with Gasteiger partial charge in [-0.2, -0.15) is 5.10 Å². The minimum Gasteiger partial charge on any atom is -0.494 e. The van der Waals surface area contributed by atoms with E-state index in [1.807, 2.05) is 5.32 Å². The van der Waals surface area contributed by atoms with Gasteiger partial charge in [0, 0.05) is 24.2 Å². The van der Waals surface area contributed by atoms with Crippen molar-refractivity contribution in [3.05, 3.63) is 36.3 Å². The highest BCUT2D eigenvalue weighted by Crippen LogP contribution is 2.37. The number of aliphatic hydroxyl groups excluding tert-OH is 1. The molecule has 1 aliphatic heterocycles. The van der Waals surface area contributed by atoms with Crippen LogP contribution >= 0.6 is 0 Å². The van der Waals surface area contributed by atoms with E-state index < -0.39 is 19.0 Å². The second-order valence-electron chi connectivity index (χ2n) is 7.03. The fraction of sp³-hybridized carbons (Fsp3) is 0.300. The highest BCUT2D eigenvalue weighted by atomic mass is 16.5. The quantitative estimate of drug-likeness (QED) is 0.497. The molecule has 0 radical (unpaired) electrons. The van der Waals surface area contributed by atoms with Crippen LogP contribution in [0, 0.1) is 0 Å². The molecular formula is C20H22N8O4. The molecule has 0 unspecified atom stereocenters. The number of hydrogen-bond donors (Lipinski definition) is 3. The lowest BCUT2D eigenvalue weighted by Crippen LogP contribution is -2.28. The Labute approximate surface area is 187 Å². The van der Waals surface area contributed by atoms with Crippen LogP contribution in [0.5, 0.6) is 5.75 Å². The van der Waals surface area contributed by atoms with Crippen LogP contribution in [0.3, 0.4) is 0 Å². The van der Waals surface area contributed by atoms with Gasteiger partial charge in [-0.3, -0.25) is 19.2 Å². The summed E-state index contributed by atoms with van der Waals surface area (Å²) in [6.07, 6.45) is 0.604. The van der Waals surface area contributed by atoms with E-state index in [2.05, 4.69) is 25.6 Å². The van der Waals surface area contributed by atoms with Gasteiger partial charge in [0.1, 0.15) is 6.33 Å². The zero-order valence-corrected chi connectivity index (χ0v) is 17.2. The SMILES string of the molecule is [2H]C([2H])([2H])NC(=O)c1nnc(N2C[C@H](O)CC2=O)cc1Nc1cccc(-c2ncn(C)n2)c1OC. The molecule has 0 saturated carbocycles. The molecule has 12 nitrogen and oxygen atoms in total. The number of β-amino-alcohol motifs (C(OH)–C–C–N with tert-alkyl or cyclic N) is 1. The fourth-order valence-corrected chi connectivity index (χ4v) is 3.38. The zero-order chi connectivity index (χ0) is 25.3. The van der Waals surface area contributed by atoms with Crippen molar-refractivity contribution < 1.29 is 23.5 Å². The molecule has 1 aromatic carbocycles. The van der Waals surface area contributed by atoms with Crippen LogP contribution < -0.4 is 20.3 Å². The number of amides is 2. The minimum atomic E-state index is -2.76. The number of aryl methyl sites for hydroxylation is 1. The van der Waals surface area contributed by atoms with Gasteiger partial charge in [-0.25, -0.2) is 4.98 Å². The molecule has 3 heterocycles. The number of anilines is 3. The summed E-state index contributed by atoms with van der Waals surface area (Å²) in [5, 5.41) is 26.8. The molecule has 1 atom stereocenters. The van der Waals surface area contributed by atoms with Gasteiger partial charge >= 0.3 is 0 Å². The summed E-state index contributed by atoms with van der Waals surface area (Å²) in [4.78, 5) is 30.4. The number of nitrogens with one attached hydrogen (secondary N) is 2. The average molecular weight is 441 g/mol. The van der Waals surface area contributed by atoms with Crippen molar-refractivity contribution in [3.8, 4) is 17.1 Å². The number of carbonyl (C=O) groups is 2. The molecule has 3 N–H and O–H groups in total. The second kappa shape index (κ2) is 8.59. The van der Waals surface area contributed by atoms with E-state index in [0.29, 0.717) is 22.8 Å². The third-order valence-corrected chi connectivity index (χ3v) is 4.82. The van der Waals surface area contributed by atoms with Gasteiger partial charge < -0.3 is 20.5 Å². The Morgan fingerprint density at radius 1 is 1.34 bits per heavy atom. The van der Waals surface area contributed by atoms with E-state index in [0.717, 1.165) is 0 Å². The number of ether oxygens (including phenoxy) is 1. The van der Waals surface area contributed by atoms with Crippen molar-refractivity contribution in [1.29, 1.82) is 0 Å². The first-order valence-corrected chi connectivity index (χ1v) is 9.54. The molecule has 1 saturated heterocycles. The summed E-state index contributed by atoms with van der Waals surface area (Å²) in [6.45, 7) is -2.75. The number of aromatic nitrogens is 5. The highest BCUT2D eigenvalue weighted by Gasteiger charge is 2.31. The topological polar surface area (TPSA) is 147 Å². The van der Waals surface area contributed by atoms with Crippen LogP contribution in [0.15, 0.2) is 30.6 Å². The Hall–Kier alpha value is -4.06. The number of hydrogen-bond acceptors (Lipinski definition) is 9. The molecule has 2 aromatic heterocycles. The lowest BCUT2D eigenvalue weighted by Gasteiger charge is -2.18. The van der Waals surface area contributed by atoms with Gasteiger partial charge in [0.2, 0.25) is 5.91 Å². The van der Waals surface area contributed by atoms with Gasteiger partial charge in [0.25, 0.3) is 5.91 Å². The number of aliphatic hydroxyl groups is 1. The first kappa shape index (κ1) is 17.6. The van der Waals surface area contributed by atoms with Crippen molar-refractivity contribution in [2.24, 2.45) is 7.05 Å². The van der Waals surface area contributed by atoms with Gasteiger partial charge in [-0.15, -0.1) is 10.2 Å². The molecule has 0 aliphatic carbocycles. The van der Waals surface area contributed by atoms with Crippen molar-refractivity contribution in [2.75, 3.05) is 30.8 Å². The van der Waals surface area contributed by atoms with Crippen molar-refractivity contribution in [1.82, 2.24) is 30.3 Å². The monoisotopic (exact) mass is 441 g/mol. The minimum absolute atomic E-state index is 0.0118. The Bertz CT molecular complexity index is 1280. The van der Waals surface area contributed by atoms with Crippen LogP contribution in [0.1, 0.15) is 21.0 Å². The van der Waals surface area contributed by atoms with Gasteiger partial charge in [-0.1, -0.05) is 6.07 Å². The number of carbonyl (C=O) groups excluding carboxylic acids is 2. The molecule has 4 rings (SSSR count).